The number of ether oxygens (including phenoxy) is 1. The van der Waals surface area contributed by atoms with Crippen molar-refractivity contribution in [3.63, 3.8) is 0 Å². The number of hydrogen-bond acceptors (Lipinski definition) is 4. The molecular weight excluding hydrogens is 395 g/mol. The lowest BCUT2D eigenvalue weighted by atomic mass is 9.94. The van der Waals surface area contributed by atoms with Gasteiger partial charge in [-0.25, -0.2) is 12.8 Å². The molecule has 2 aromatic rings. The molecule has 8 heteroatoms. The predicted octanol–water partition coefficient (Wildman–Crippen LogP) is 3.51. The lowest BCUT2D eigenvalue weighted by molar-refractivity contribution is -0.118. The molecule has 0 bridgehead atoms. The minimum Gasteiger partial charge on any atom is -0.481 e. The van der Waals surface area contributed by atoms with Crippen molar-refractivity contribution >= 4 is 21.6 Å². The first-order chi connectivity index (χ1) is 13.8. The molecular formula is C21H25FN2O4S. The fourth-order valence-corrected chi connectivity index (χ4v) is 5.24. The van der Waals surface area contributed by atoms with Gasteiger partial charge in [0.05, 0.1) is 4.90 Å². The normalized spacial score (nSPS) is 20.2. The van der Waals surface area contributed by atoms with Crippen LogP contribution in [0, 0.1) is 17.7 Å². The third-order valence-corrected chi connectivity index (χ3v) is 6.65. The number of nitrogens with one attached hydrogen (secondary N) is 1. The van der Waals surface area contributed by atoms with Gasteiger partial charge in [0.2, 0.25) is 10.0 Å². The topological polar surface area (TPSA) is 75.7 Å². The van der Waals surface area contributed by atoms with Crippen molar-refractivity contribution in [1.82, 2.24) is 4.31 Å². The lowest BCUT2D eigenvalue weighted by Gasteiger charge is -2.34. The third-order valence-electron chi connectivity index (χ3n) is 4.81. The molecule has 29 heavy (non-hydrogen) atoms. The zero-order valence-corrected chi connectivity index (χ0v) is 17.3. The van der Waals surface area contributed by atoms with Gasteiger partial charge in [0, 0.05) is 18.8 Å². The predicted molar refractivity (Wildman–Crippen MR) is 109 cm³/mol. The number of amides is 1. The number of carbonyl (C=O) groups is 1. The van der Waals surface area contributed by atoms with Crippen molar-refractivity contribution in [2.24, 2.45) is 11.8 Å². The van der Waals surface area contributed by atoms with Crippen molar-refractivity contribution in [3.05, 3.63) is 54.3 Å². The van der Waals surface area contributed by atoms with Crippen molar-refractivity contribution in [2.75, 3.05) is 25.0 Å². The summed E-state index contributed by atoms with van der Waals surface area (Å²) in [5, 5.41) is 2.61. The van der Waals surface area contributed by atoms with E-state index in [0.717, 1.165) is 6.42 Å². The molecule has 0 unspecified atom stereocenters. The van der Waals surface area contributed by atoms with Gasteiger partial charge in [0.25, 0.3) is 5.91 Å². The first-order valence-electron chi connectivity index (χ1n) is 9.53. The minimum atomic E-state index is -3.57. The van der Waals surface area contributed by atoms with Gasteiger partial charge < -0.3 is 10.1 Å². The molecule has 2 atom stereocenters. The molecule has 1 N–H and O–H groups in total. The van der Waals surface area contributed by atoms with E-state index in [1.807, 2.05) is 0 Å². The highest BCUT2D eigenvalue weighted by Crippen LogP contribution is 2.27. The number of hydrogen-bond donors (Lipinski definition) is 1. The fourth-order valence-electron chi connectivity index (χ4n) is 3.56. The first kappa shape index (κ1) is 21.3. The van der Waals surface area contributed by atoms with Crippen LogP contribution in [-0.2, 0) is 14.8 Å². The standard InChI is InChI=1S/C21H25FN2O4S/c1-15-11-16(2)13-24(12-15)29(26,27)18-9-7-17(8-10-18)23-21(25)14-28-20-6-4-3-5-19(20)22/h3-10,15-16H,11-14H2,1-2H3,(H,23,25)/t15-,16-/m1/s1. The van der Waals surface area contributed by atoms with Gasteiger partial charge in [-0.05, 0) is 54.7 Å². The van der Waals surface area contributed by atoms with Crippen LogP contribution < -0.4 is 10.1 Å². The molecule has 1 saturated heterocycles. The number of anilines is 1. The summed E-state index contributed by atoms with van der Waals surface area (Å²) >= 11 is 0. The molecule has 156 valence electrons. The summed E-state index contributed by atoms with van der Waals surface area (Å²) in [4.78, 5) is 12.2. The molecule has 1 amide bonds. The molecule has 0 radical (unpaired) electrons. The van der Waals surface area contributed by atoms with E-state index in [9.17, 15) is 17.6 Å². The van der Waals surface area contributed by atoms with Gasteiger partial charge in [0.15, 0.2) is 18.2 Å². The Hall–Kier alpha value is -2.45. The van der Waals surface area contributed by atoms with E-state index in [1.54, 1.807) is 6.07 Å². The molecule has 1 aliphatic rings. The Kier molecular flexibility index (Phi) is 6.54. The maximum atomic E-state index is 13.5. The number of rotatable bonds is 6. The Morgan fingerprint density at radius 2 is 1.72 bits per heavy atom. The SMILES string of the molecule is C[C@@H]1C[C@@H](C)CN(S(=O)(=O)c2ccc(NC(=O)COc3ccccc3F)cc2)C1. The van der Waals surface area contributed by atoms with Crippen LogP contribution in [0.5, 0.6) is 5.75 Å². The third kappa shape index (κ3) is 5.33. The van der Waals surface area contributed by atoms with Crippen LogP contribution in [0.4, 0.5) is 10.1 Å². The molecule has 0 aromatic heterocycles. The smallest absolute Gasteiger partial charge is 0.262 e. The summed E-state index contributed by atoms with van der Waals surface area (Å²) in [6, 6.07) is 11.8. The molecule has 0 aliphatic carbocycles. The Labute approximate surface area is 170 Å². The molecule has 1 heterocycles. The Balaban J connectivity index is 1.61. The average Bonchev–Trinajstić information content (AvgIpc) is 2.67. The van der Waals surface area contributed by atoms with Gasteiger partial charge in [-0.2, -0.15) is 4.31 Å². The van der Waals surface area contributed by atoms with E-state index in [-0.39, 0.29) is 17.3 Å². The number of piperidine rings is 1. The van der Waals surface area contributed by atoms with E-state index in [4.69, 9.17) is 4.74 Å². The maximum absolute atomic E-state index is 13.5. The average molecular weight is 421 g/mol. The molecule has 0 saturated carbocycles. The summed E-state index contributed by atoms with van der Waals surface area (Å²) in [6.45, 7) is 4.78. The number of nitrogens with zero attached hydrogens (tertiary/aromatic N) is 1. The minimum absolute atomic E-state index is 0.00548. The van der Waals surface area contributed by atoms with E-state index < -0.39 is 21.7 Å². The molecule has 1 aliphatic heterocycles. The quantitative estimate of drug-likeness (QED) is 0.776. The number of halogens is 1. The van der Waals surface area contributed by atoms with Crippen molar-refractivity contribution in [1.29, 1.82) is 0 Å². The van der Waals surface area contributed by atoms with Crippen LogP contribution in [0.15, 0.2) is 53.4 Å². The number of sulfonamides is 1. The van der Waals surface area contributed by atoms with Gasteiger partial charge in [-0.1, -0.05) is 26.0 Å². The second-order valence-corrected chi connectivity index (χ2v) is 9.50. The Morgan fingerprint density at radius 1 is 1.10 bits per heavy atom. The molecule has 1 fully saturated rings. The Morgan fingerprint density at radius 3 is 2.34 bits per heavy atom. The van der Waals surface area contributed by atoms with Crippen LogP contribution >= 0.6 is 0 Å². The van der Waals surface area contributed by atoms with E-state index in [1.165, 1.54) is 46.8 Å². The maximum Gasteiger partial charge on any atom is 0.262 e. The van der Waals surface area contributed by atoms with Crippen LogP contribution in [-0.4, -0.2) is 38.3 Å². The van der Waals surface area contributed by atoms with Crippen LogP contribution in [0.2, 0.25) is 0 Å². The fraction of sp³-hybridized carbons (Fsp3) is 0.381. The highest BCUT2D eigenvalue weighted by molar-refractivity contribution is 7.89. The zero-order chi connectivity index (χ0) is 21.0. The summed E-state index contributed by atoms with van der Waals surface area (Å²) in [6.07, 6.45) is 1.02. The molecule has 0 spiro atoms. The van der Waals surface area contributed by atoms with Gasteiger partial charge in [0.1, 0.15) is 0 Å². The first-order valence-corrected chi connectivity index (χ1v) is 11.0. The van der Waals surface area contributed by atoms with Gasteiger partial charge in [-0.15, -0.1) is 0 Å². The molecule has 2 aromatic carbocycles. The van der Waals surface area contributed by atoms with Gasteiger partial charge >= 0.3 is 0 Å². The van der Waals surface area contributed by atoms with Crippen molar-refractivity contribution in [2.45, 2.75) is 25.2 Å². The largest absolute Gasteiger partial charge is 0.481 e. The monoisotopic (exact) mass is 420 g/mol. The van der Waals surface area contributed by atoms with Gasteiger partial charge in [-0.3, -0.25) is 4.79 Å². The summed E-state index contributed by atoms with van der Waals surface area (Å²) in [5.41, 5.74) is 0.437. The Bertz CT molecular complexity index is 953. The van der Waals surface area contributed by atoms with E-state index in [2.05, 4.69) is 19.2 Å². The second-order valence-electron chi connectivity index (χ2n) is 7.56. The van der Waals surface area contributed by atoms with Crippen LogP contribution in [0.3, 0.4) is 0 Å². The number of para-hydroxylation sites is 1. The van der Waals surface area contributed by atoms with Crippen molar-refractivity contribution in [3.8, 4) is 5.75 Å². The molecule has 6 nitrogen and oxygen atoms in total. The summed E-state index contributed by atoms with van der Waals surface area (Å²) in [7, 11) is -3.57. The van der Waals surface area contributed by atoms with E-state index >= 15 is 0 Å². The highest BCUT2D eigenvalue weighted by Gasteiger charge is 2.31. The lowest BCUT2D eigenvalue weighted by Crippen LogP contribution is -2.42. The van der Waals surface area contributed by atoms with E-state index in [0.29, 0.717) is 30.6 Å². The number of benzene rings is 2. The summed E-state index contributed by atoms with van der Waals surface area (Å²) in [5.74, 6) is -0.379. The van der Waals surface area contributed by atoms with Crippen molar-refractivity contribution < 1.29 is 22.3 Å². The van der Waals surface area contributed by atoms with Crippen LogP contribution in [0.1, 0.15) is 20.3 Å². The highest BCUT2D eigenvalue weighted by atomic mass is 32.2. The summed E-state index contributed by atoms with van der Waals surface area (Å²) < 4.78 is 46.0. The number of carbonyl (C=O) groups excluding carboxylic acids is 1. The van der Waals surface area contributed by atoms with Crippen LogP contribution in [0.25, 0.3) is 0 Å². The molecule has 3 rings (SSSR count). The zero-order valence-electron chi connectivity index (χ0n) is 16.5. The second kappa shape index (κ2) is 8.92.